The molecule has 2 N–H and O–H groups in total. The summed E-state index contributed by atoms with van der Waals surface area (Å²) in [5.74, 6) is 1.26. The number of amides is 1. The molecule has 110 valence electrons. The van der Waals surface area contributed by atoms with Crippen molar-refractivity contribution in [2.75, 3.05) is 25.5 Å². The highest BCUT2D eigenvalue weighted by atomic mass is 16.5. The Morgan fingerprint density at radius 2 is 1.95 bits per heavy atom. The zero-order valence-corrected chi connectivity index (χ0v) is 11.9. The molecule has 6 nitrogen and oxygen atoms in total. The van der Waals surface area contributed by atoms with Crippen molar-refractivity contribution in [1.29, 1.82) is 0 Å². The van der Waals surface area contributed by atoms with Gasteiger partial charge < -0.3 is 15.4 Å². The molecular formula is C15H18N4O2. The highest BCUT2D eigenvalue weighted by molar-refractivity contribution is 5.91. The van der Waals surface area contributed by atoms with Gasteiger partial charge in [-0.05, 0) is 30.7 Å². The largest absolute Gasteiger partial charge is 0.494 e. The van der Waals surface area contributed by atoms with Crippen LogP contribution < -0.4 is 15.4 Å². The second-order valence-corrected chi connectivity index (χ2v) is 4.32. The van der Waals surface area contributed by atoms with Crippen molar-refractivity contribution in [2.45, 2.75) is 6.42 Å². The third-order valence-corrected chi connectivity index (χ3v) is 2.76. The minimum Gasteiger partial charge on any atom is -0.494 e. The monoisotopic (exact) mass is 286 g/mol. The topological polar surface area (TPSA) is 76.1 Å². The fourth-order valence-corrected chi connectivity index (χ4v) is 1.67. The molecule has 0 unspecified atom stereocenters. The first kappa shape index (κ1) is 14.8. The standard InChI is InChI=1S/C15H18N4O2/c1-16-15(20)13-8-9-14(19-18-13)17-10-5-11-21-12-6-3-2-4-7-12/h2-4,6-9H,5,10-11H2,1H3,(H,16,20)(H,17,19). The van der Waals surface area contributed by atoms with E-state index in [-0.39, 0.29) is 5.91 Å². The van der Waals surface area contributed by atoms with Gasteiger partial charge in [-0.15, -0.1) is 10.2 Å². The van der Waals surface area contributed by atoms with Gasteiger partial charge in [0.15, 0.2) is 5.69 Å². The lowest BCUT2D eigenvalue weighted by Gasteiger charge is -2.07. The molecule has 0 atom stereocenters. The molecule has 0 radical (unpaired) electrons. The van der Waals surface area contributed by atoms with Crippen LogP contribution in [0.25, 0.3) is 0 Å². The summed E-state index contributed by atoms with van der Waals surface area (Å²) in [6.07, 6.45) is 0.841. The third kappa shape index (κ3) is 4.76. The summed E-state index contributed by atoms with van der Waals surface area (Å²) < 4.78 is 5.58. The molecule has 0 spiro atoms. The molecule has 0 fully saturated rings. The van der Waals surface area contributed by atoms with Crippen molar-refractivity contribution >= 4 is 11.7 Å². The van der Waals surface area contributed by atoms with E-state index in [1.165, 1.54) is 0 Å². The van der Waals surface area contributed by atoms with Gasteiger partial charge in [-0.3, -0.25) is 4.79 Å². The molecule has 0 saturated heterocycles. The molecular weight excluding hydrogens is 268 g/mol. The SMILES string of the molecule is CNC(=O)c1ccc(NCCCOc2ccccc2)nn1. The minimum absolute atomic E-state index is 0.245. The molecule has 2 aromatic rings. The van der Waals surface area contributed by atoms with Crippen molar-refractivity contribution in [3.8, 4) is 5.75 Å². The Morgan fingerprint density at radius 1 is 1.14 bits per heavy atom. The first-order valence-corrected chi connectivity index (χ1v) is 6.77. The molecule has 1 aromatic carbocycles. The van der Waals surface area contributed by atoms with Gasteiger partial charge in [0.2, 0.25) is 0 Å². The Hall–Kier alpha value is -2.63. The number of carbonyl (C=O) groups is 1. The number of carbonyl (C=O) groups excluding carboxylic acids is 1. The van der Waals surface area contributed by atoms with Crippen molar-refractivity contribution < 1.29 is 9.53 Å². The smallest absolute Gasteiger partial charge is 0.271 e. The molecule has 21 heavy (non-hydrogen) atoms. The average molecular weight is 286 g/mol. The van der Waals surface area contributed by atoms with Crippen LogP contribution in [0.3, 0.4) is 0 Å². The molecule has 6 heteroatoms. The molecule has 2 rings (SSSR count). The van der Waals surface area contributed by atoms with Crippen LogP contribution in [0.15, 0.2) is 42.5 Å². The van der Waals surface area contributed by atoms with E-state index in [1.807, 2.05) is 30.3 Å². The Morgan fingerprint density at radius 3 is 2.62 bits per heavy atom. The number of nitrogens with one attached hydrogen (secondary N) is 2. The Bertz CT molecular complexity index is 558. The number of aromatic nitrogens is 2. The second kappa shape index (κ2) is 7.84. The number of nitrogens with zero attached hydrogens (tertiary/aromatic N) is 2. The second-order valence-electron chi connectivity index (χ2n) is 4.32. The van der Waals surface area contributed by atoms with Crippen LogP contribution in [0.5, 0.6) is 5.75 Å². The van der Waals surface area contributed by atoms with Crippen LogP contribution in [0.1, 0.15) is 16.9 Å². The number of anilines is 1. The summed E-state index contributed by atoms with van der Waals surface area (Å²) in [6, 6.07) is 13.1. The fraction of sp³-hybridized carbons (Fsp3) is 0.267. The van der Waals surface area contributed by atoms with Gasteiger partial charge in [0.25, 0.3) is 5.91 Å². The lowest BCUT2D eigenvalue weighted by Crippen LogP contribution is -2.20. The van der Waals surface area contributed by atoms with E-state index in [2.05, 4.69) is 20.8 Å². The predicted molar refractivity (Wildman–Crippen MR) is 80.5 cm³/mol. The van der Waals surface area contributed by atoms with Gasteiger partial charge in [0, 0.05) is 13.6 Å². The molecule has 0 aliphatic rings. The van der Waals surface area contributed by atoms with E-state index < -0.39 is 0 Å². The summed E-state index contributed by atoms with van der Waals surface area (Å²) >= 11 is 0. The Kier molecular flexibility index (Phi) is 5.51. The van der Waals surface area contributed by atoms with Gasteiger partial charge in [-0.25, -0.2) is 0 Å². The van der Waals surface area contributed by atoms with Crippen molar-refractivity contribution in [2.24, 2.45) is 0 Å². The summed E-state index contributed by atoms with van der Waals surface area (Å²) in [5, 5.41) is 13.4. The highest BCUT2D eigenvalue weighted by Crippen LogP contribution is 2.08. The number of hydrogen-bond donors (Lipinski definition) is 2. The fourth-order valence-electron chi connectivity index (χ4n) is 1.67. The number of rotatable bonds is 7. The first-order chi connectivity index (χ1) is 10.3. The van der Waals surface area contributed by atoms with Gasteiger partial charge in [-0.1, -0.05) is 18.2 Å². The van der Waals surface area contributed by atoms with Crippen LogP contribution in [0.4, 0.5) is 5.82 Å². The van der Waals surface area contributed by atoms with Crippen molar-refractivity contribution in [3.63, 3.8) is 0 Å². The molecule has 0 aliphatic heterocycles. The zero-order chi connectivity index (χ0) is 14.9. The van der Waals surface area contributed by atoms with Crippen LogP contribution in [0, 0.1) is 0 Å². The summed E-state index contributed by atoms with van der Waals surface area (Å²) in [5.41, 5.74) is 0.301. The van der Waals surface area contributed by atoms with E-state index in [0.29, 0.717) is 18.1 Å². The summed E-state index contributed by atoms with van der Waals surface area (Å²) in [4.78, 5) is 11.3. The number of benzene rings is 1. The summed E-state index contributed by atoms with van der Waals surface area (Å²) in [6.45, 7) is 1.35. The van der Waals surface area contributed by atoms with E-state index in [4.69, 9.17) is 4.74 Å². The van der Waals surface area contributed by atoms with E-state index in [9.17, 15) is 4.79 Å². The van der Waals surface area contributed by atoms with Crippen molar-refractivity contribution in [1.82, 2.24) is 15.5 Å². The maximum atomic E-state index is 11.3. The van der Waals surface area contributed by atoms with E-state index >= 15 is 0 Å². The molecule has 0 bridgehead atoms. The van der Waals surface area contributed by atoms with Crippen LogP contribution in [-0.2, 0) is 0 Å². The van der Waals surface area contributed by atoms with Gasteiger partial charge in [0.1, 0.15) is 11.6 Å². The molecule has 1 amide bonds. The first-order valence-electron chi connectivity index (χ1n) is 6.77. The lowest BCUT2D eigenvalue weighted by atomic mass is 10.3. The quantitative estimate of drug-likeness (QED) is 0.758. The number of hydrogen-bond acceptors (Lipinski definition) is 5. The van der Waals surface area contributed by atoms with Gasteiger partial charge in [0.05, 0.1) is 6.61 Å². The number of para-hydroxylation sites is 1. The normalized spacial score (nSPS) is 9.95. The van der Waals surface area contributed by atoms with E-state index in [0.717, 1.165) is 18.7 Å². The van der Waals surface area contributed by atoms with Crippen LogP contribution in [0.2, 0.25) is 0 Å². The maximum absolute atomic E-state index is 11.3. The predicted octanol–water partition coefficient (Wildman–Crippen LogP) is 1.72. The average Bonchev–Trinajstić information content (AvgIpc) is 2.55. The Labute approximate surface area is 123 Å². The lowest BCUT2D eigenvalue weighted by molar-refractivity contribution is 0.0957. The zero-order valence-electron chi connectivity index (χ0n) is 11.9. The number of ether oxygens (including phenoxy) is 1. The highest BCUT2D eigenvalue weighted by Gasteiger charge is 2.04. The maximum Gasteiger partial charge on any atom is 0.271 e. The Balaban J connectivity index is 1.68. The molecule has 1 heterocycles. The molecule has 0 aliphatic carbocycles. The third-order valence-electron chi connectivity index (χ3n) is 2.76. The van der Waals surface area contributed by atoms with Crippen LogP contribution >= 0.6 is 0 Å². The van der Waals surface area contributed by atoms with Gasteiger partial charge in [-0.2, -0.15) is 0 Å². The molecule has 1 aromatic heterocycles. The summed E-state index contributed by atoms with van der Waals surface area (Å²) in [7, 11) is 1.56. The van der Waals surface area contributed by atoms with Crippen LogP contribution in [-0.4, -0.2) is 36.3 Å². The van der Waals surface area contributed by atoms with E-state index in [1.54, 1.807) is 19.2 Å². The minimum atomic E-state index is -0.245. The molecule has 0 saturated carbocycles. The van der Waals surface area contributed by atoms with Crippen molar-refractivity contribution in [3.05, 3.63) is 48.2 Å². The van der Waals surface area contributed by atoms with Gasteiger partial charge >= 0.3 is 0 Å².